The second-order valence-corrected chi connectivity index (χ2v) is 6.40. The molecule has 0 radical (unpaired) electrons. The number of carbonyl (C=O) groups excluding carboxylic acids is 1. The molecular formula is C20H34N2O4. The van der Waals surface area contributed by atoms with Crippen molar-refractivity contribution >= 4 is 11.6 Å². The molecule has 6 nitrogen and oxygen atoms in total. The first-order chi connectivity index (χ1) is 12.5. The van der Waals surface area contributed by atoms with Crippen molar-refractivity contribution in [3.63, 3.8) is 0 Å². The van der Waals surface area contributed by atoms with Crippen LogP contribution < -0.4 is 10.1 Å². The number of aryl methyl sites for hydroxylation is 1. The minimum Gasteiger partial charge on any atom is -0.475 e. The van der Waals surface area contributed by atoms with Crippen LogP contribution in [-0.2, 0) is 14.3 Å². The lowest BCUT2D eigenvalue weighted by atomic mass is 9.96. The van der Waals surface area contributed by atoms with Crippen molar-refractivity contribution in [3.8, 4) is 5.88 Å². The van der Waals surface area contributed by atoms with Crippen LogP contribution in [0, 0.1) is 6.92 Å². The summed E-state index contributed by atoms with van der Waals surface area (Å²) in [6.45, 7) is 11.8. The Hall–Kier alpha value is -1.66. The summed E-state index contributed by atoms with van der Waals surface area (Å²) in [6, 6.07) is 3.57. The zero-order chi connectivity index (χ0) is 19.4. The molecule has 0 bridgehead atoms. The van der Waals surface area contributed by atoms with Crippen molar-refractivity contribution in [2.24, 2.45) is 0 Å². The van der Waals surface area contributed by atoms with Gasteiger partial charge in [0.05, 0.1) is 18.0 Å². The Morgan fingerprint density at radius 2 is 1.92 bits per heavy atom. The zero-order valence-electron chi connectivity index (χ0n) is 16.9. The van der Waals surface area contributed by atoms with Crippen molar-refractivity contribution in [2.75, 3.05) is 31.7 Å². The van der Waals surface area contributed by atoms with Crippen LogP contribution >= 0.6 is 0 Å². The molecule has 0 spiro atoms. The van der Waals surface area contributed by atoms with Crippen molar-refractivity contribution < 1.29 is 19.0 Å². The molecule has 1 atom stereocenters. The molecule has 0 saturated carbocycles. The van der Waals surface area contributed by atoms with E-state index >= 15 is 0 Å². The normalized spacial score (nSPS) is 13.3. The molecule has 0 fully saturated rings. The van der Waals surface area contributed by atoms with Gasteiger partial charge in [0.1, 0.15) is 12.2 Å². The third kappa shape index (κ3) is 7.30. The van der Waals surface area contributed by atoms with Gasteiger partial charge >= 0.3 is 0 Å². The summed E-state index contributed by atoms with van der Waals surface area (Å²) >= 11 is 0. The number of nitrogens with zero attached hydrogens (tertiary/aromatic N) is 1. The monoisotopic (exact) mass is 366 g/mol. The van der Waals surface area contributed by atoms with E-state index in [2.05, 4.69) is 17.2 Å². The van der Waals surface area contributed by atoms with Crippen molar-refractivity contribution in [3.05, 3.63) is 17.8 Å². The predicted octanol–water partition coefficient (Wildman–Crippen LogP) is 4.12. The highest BCUT2D eigenvalue weighted by molar-refractivity contribution is 5.97. The van der Waals surface area contributed by atoms with Gasteiger partial charge in [0.2, 0.25) is 5.88 Å². The van der Waals surface area contributed by atoms with Crippen molar-refractivity contribution in [2.45, 2.75) is 65.9 Å². The smallest absolute Gasteiger partial charge is 0.256 e. The van der Waals surface area contributed by atoms with Crippen LogP contribution in [0.1, 0.15) is 59.1 Å². The Morgan fingerprint density at radius 3 is 2.54 bits per heavy atom. The van der Waals surface area contributed by atoms with Crippen LogP contribution in [0.15, 0.2) is 12.1 Å². The van der Waals surface area contributed by atoms with Crippen molar-refractivity contribution in [1.29, 1.82) is 0 Å². The lowest BCUT2D eigenvalue weighted by Gasteiger charge is -2.28. The van der Waals surface area contributed by atoms with Crippen LogP contribution in [0.25, 0.3) is 0 Å². The molecule has 1 N–H and O–H groups in total. The van der Waals surface area contributed by atoms with Crippen LogP contribution in [0.3, 0.4) is 0 Å². The standard InChI is InChI=1S/C20H34N2O4/c1-6-9-10-13-20(5,26-8-3)19(23)22-17-11-12-18(21-16(17)4)25-15-14-24-7-2/h11-12H,6-10,13-15H2,1-5H3,(H,22,23). The van der Waals surface area contributed by atoms with Crippen LogP contribution in [0.4, 0.5) is 5.69 Å². The molecule has 1 amide bonds. The summed E-state index contributed by atoms with van der Waals surface area (Å²) in [4.78, 5) is 17.2. The Kier molecular flexibility index (Phi) is 10.2. The number of nitrogens with one attached hydrogen (secondary N) is 1. The number of ether oxygens (including phenoxy) is 3. The van der Waals surface area contributed by atoms with E-state index in [0.29, 0.717) is 50.1 Å². The number of unbranched alkanes of at least 4 members (excludes halogenated alkanes) is 2. The van der Waals surface area contributed by atoms with Crippen LogP contribution in [0.2, 0.25) is 0 Å². The molecule has 0 aliphatic rings. The van der Waals surface area contributed by atoms with E-state index in [1.165, 1.54) is 0 Å². The van der Waals surface area contributed by atoms with Gasteiger partial charge in [0.15, 0.2) is 0 Å². The first kappa shape index (κ1) is 22.4. The van der Waals surface area contributed by atoms with Gasteiger partial charge in [0.25, 0.3) is 5.91 Å². The maximum atomic E-state index is 12.8. The molecule has 1 aromatic rings. The van der Waals surface area contributed by atoms with Gasteiger partial charge in [0, 0.05) is 19.3 Å². The summed E-state index contributed by atoms with van der Waals surface area (Å²) in [6.07, 6.45) is 3.86. The van der Waals surface area contributed by atoms with E-state index in [1.54, 1.807) is 6.07 Å². The quantitative estimate of drug-likeness (QED) is 0.532. The molecule has 6 heteroatoms. The van der Waals surface area contributed by atoms with E-state index < -0.39 is 5.60 Å². The largest absolute Gasteiger partial charge is 0.475 e. The average Bonchev–Trinajstić information content (AvgIpc) is 2.61. The molecule has 0 aliphatic heterocycles. The molecule has 0 aliphatic carbocycles. The van der Waals surface area contributed by atoms with E-state index in [9.17, 15) is 4.79 Å². The Bertz CT molecular complexity index is 551. The fourth-order valence-electron chi connectivity index (χ4n) is 2.64. The average molecular weight is 367 g/mol. The minimum absolute atomic E-state index is 0.134. The highest BCUT2D eigenvalue weighted by atomic mass is 16.5. The highest BCUT2D eigenvalue weighted by Crippen LogP contribution is 2.24. The summed E-state index contributed by atoms with van der Waals surface area (Å²) in [5.41, 5.74) is 0.552. The van der Waals surface area contributed by atoms with E-state index in [-0.39, 0.29) is 5.91 Å². The molecule has 0 aromatic carbocycles. The molecule has 0 saturated heterocycles. The number of rotatable bonds is 13. The van der Waals surface area contributed by atoms with Gasteiger partial charge in [-0.2, -0.15) is 0 Å². The van der Waals surface area contributed by atoms with E-state index in [1.807, 2.05) is 33.8 Å². The number of anilines is 1. The molecule has 1 rings (SSSR count). The van der Waals surface area contributed by atoms with Gasteiger partial charge in [-0.25, -0.2) is 4.98 Å². The Balaban J connectivity index is 2.71. The molecule has 148 valence electrons. The maximum absolute atomic E-state index is 12.8. The molecule has 1 aromatic heterocycles. The van der Waals surface area contributed by atoms with Crippen LogP contribution in [0.5, 0.6) is 5.88 Å². The summed E-state index contributed by atoms with van der Waals surface area (Å²) in [5.74, 6) is 0.390. The van der Waals surface area contributed by atoms with E-state index in [4.69, 9.17) is 14.2 Å². The van der Waals surface area contributed by atoms with Gasteiger partial charge in [-0.05, 0) is 40.2 Å². The number of hydrogen-bond acceptors (Lipinski definition) is 5. The minimum atomic E-state index is -0.830. The van der Waals surface area contributed by atoms with E-state index in [0.717, 1.165) is 19.3 Å². The number of carbonyl (C=O) groups is 1. The second-order valence-electron chi connectivity index (χ2n) is 6.40. The third-order valence-electron chi connectivity index (χ3n) is 4.19. The maximum Gasteiger partial charge on any atom is 0.256 e. The first-order valence-corrected chi connectivity index (χ1v) is 9.60. The fraction of sp³-hybridized carbons (Fsp3) is 0.700. The topological polar surface area (TPSA) is 69.7 Å². The van der Waals surface area contributed by atoms with Gasteiger partial charge in [-0.1, -0.05) is 26.2 Å². The molecule has 1 heterocycles. The van der Waals surface area contributed by atoms with Crippen molar-refractivity contribution in [1.82, 2.24) is 4.98 Å². The first-order valence-electron chi connectivity index (χ1n) is 9.60. The predicted molar refractivity (Wildman–Crippen MR) is 104 cm³/mol. The Labute approximate surface area is 157 Å². The van der Waals surface area contributed by atoms with Gasteiger partial charge in [-0.3, -0.25) is 4.79 Å². The van der Waals surface area contributed by atoms with Crippen LogP contribution in [-0.4, -0.2) is 42.9 Å². The molecule has 26 heavy (non-hydrogen) atoms. The highest BCUT2D eigenvalue weighted by Gasteiger charge is 2.33. The molecular weight excluding hydrogens is 332 g/mol. The Morgan fingerprint density at radius 1 is 1.15 bits per heavy atom. The summed E-state index contributed by atoms with van der Waals surface area (Å²) in [7, 11) is 0. The lowest BCUT2D eigenvalue weighted by Crippen LogP contribution is -2.43. The van der Waals surface area contributed by atoms with Gasteiger partial charge < -0.3 is 19.5 Å². The number of aromatic nitrogens is 1. The number of hydrogen-bond donors (Lipinski definition) is 1. The number of pyridine rings is 1. The zero-order valence-corrected chi connectivity index (χ0v) is 16.9. The number of amides is 1. The third-order valence-corrected chi connectivity index (χ3v) is 4.19. The second kappa shape index (κ2) is 11.9. The summed E-state index contributed by atoms with van der Waals surface area (Å²) in [5, 5.41) is 2.96. The summed E-state index contributed by atoms with van der Waals surface area (Å²) < 4.78 is 16.6. The molecule has 1 unspecified atom stereocenters. The SMILES string of the molecule is CCCCCC(C)(OCC)C(=O)Nc1ccc(OCCOCC)nc1C. The van der Waals surface area contributed by atoms with Gasteiger partial charge in [-0.15, -0.1) is 0 Å². The fourth-order valence-corrected chi connectivity index (χ4v) is 2.64. The lowest BCUT2D eigenvalue weighted by molar-refractivity contribution is -0.139.